The fourth-order valence-electron chi connectivity index (χ4n) is 1.45. The molecule has 0 heterocycles. The lowest BCUT2D eigenvalue weighted by Crippen LogP contribution is -2.40. The minimum atomic E-state index is -0.292. The molecule has 0 unspecified atom stereocenters. The van der Waals surface area contributed by atoms with Crippen LogP contribution in [0.4, 0.5) is 0 Å². The minimum absolute atomic E-state index is 0.0147. The van der Waals surface area contributed by atoms with E-state index in [0.29, 0.717) is 12.1 Å². The predicted molar refractivity (Wildman–Crippen MR) is 73.4 cm³/mol. The number of phenolic OH excluding ortho intramolecular Hbond substituents is 1. The molecule has 0 atom stereocenters. The fourth-order valence-corrected chi connectivity index (χ4v) is 1.63. The van der Waals surface area contributed by atoms with Crippen LogP contribution in [0.5, 0.6) is 5.75 Å². The first-order chi connectivity index (χ1) is 8.86. The highest BCUT2D eigenvalue weighted by Gasteiger charge is 2.18. The van der Waals surface area contributed by atoms with E-state index in [2.05, 4.69) is 0 Å². The average molecular weight is 285 g/mol. The van der Waals surface area contributed by atoms with Crippen molar-refractivity contribution in [3.63, 3.8) is 0 Å². The van der Waals surface area contributed by atoms with Gasteiger partial charge in [-0.15, -0.1) is 0 Å². The Morgan fingerprint density at radius 1 is 1.32 bits per heavy atom. The van der Waals surface area contributed by atoms with Crippen molar-refractivity contribution in [3.05, 3.63) is 28.8 Å². The Hall–Kier alpha value is -1.75. The van der Waals surface area contributed by atoms with Crippen molar-refractivity contribution < 1.29 is 14.7 Å². The molecule has 0 saturated heterocycles. The molecule has 0 aliphatic rings. The summed E-state index contributed by atoms with van der Waals surface area (Å²) in [6, 6.07) is 4.23. The molecule has 0 saturated carbocycles. The first-order valence-electron chi connectivity index (χ1n) is 5.84. The number of phenols is 1. The zero-order chi connectivity index (χ0) is 14.6. The Bertz CT molecular complexity index is 489. The van der Waals surface area contributed by atoms with Crippen molar-refractivity contribution in [2.75, 3.05) is 27.2 Å². The van der Waals surface area contributed by atoms with Gasteiger partial charge in [-0.1, -0.05) is 11.6 Å². The molecule has 1 N–H and O–H groups in total. The molecule has 0 aliphatic heterocycles. The van der Waals surface area contributed by atoms with Gasteiger partial charge in [0, 0.05) is 26.2 Å². The van der Waals surface area contributed by atoms with Crippen LogP contribution in [-0.2, 0) is 4.79 Å². The van der Waals surface area contributed by atoms with E-state index in [0.717, 1.165) is 0 Å². The third-order valence-electron chi connectivity index (χ3n) is 2.69. The SMILES string of the molecule is CCN(CC(=O)N(C)C)C(=O)c1ccc(O)c(Cl)c1. The van der Waals surface area contributed by atoms with E-state index in [1.807, 2.05) is 0 Å². The van der Waals surface area contributed by atoms with Crippen LogP contribution in [0, 0.1) is 0 Å². The van der Waals surface area contributed by atoms with Crippen LogP contribution in [0.3, 0.4) is 0 Å². The summed E-state index contributed by atoms with van der Waals surface area (Å²) < 4.78 is 0. The molecule has 19 heavy (non-hydrogen) atoms. The van der Waals surface area contributed by atoms with E-state index in [9.17, 15) is 14.7 Å². The largest absolute Gasteiger partial charge is 0.506 e. The average Bonchev–Trinajstić information content (AvgIpc) is 2.37. The number of halogens is 1. The summed E-state index contributed by atoms with van der Waals surface area (Å²) in [5.74, 6) is -0.523. The number of amides is 2. The number of likely N-dealkylation sites (N-methyl/N-ethyl adjacent to an activating group) is 2. The predicted octanol–water partition coefficient (Wildman–Crippen LogP) is 1.60. The number of rotatable bonds is 4. The lowest BCUT2D eigenvalue weighted by Gasteiger charge is -2.22. The molecule has 0 aromatic heterocycles. The molecule has 0 aliphatic carbocycles. The Morgan fingerprint density at radius 2 is 1.95 bits per heavy atom. The summed E-state index contributed by atoms with van der Waals surface area (Å²) in [6.45, 7) is 2.22. The van der Waals surface area contributed by atoms with E-state index in [1.54, 1.807) is 21.0 Å². The number of aromatic hydroxyl groups is 1. The monoisotopic (exact) mass is 284 g/mol. The van der Waals surface area contributed by atoms with Gasteiger partial charge in [-0.25, -0.2) is 0 Å². The van der Waals surface area contributed by atoms with Crippen LogP contribution in [-0.4, -0.2) is 53.9 Å². The van der Waals surface area contributed by atoms with Gasteiger partial charge in [0.15, 0.2) is 0 Å². The second-order valence-electron chi connectivity index (χ2n) is 4.27. The van der Waals surface area contributed by atoms with Crippen molar-refractivity contribution in [3.8, 4) is 5.75 Å². The van der Waals surface area contributed by atoms with Gasteiger partial charge in [0.25, 0.3) is 5.91 Å². The topological polar surface area (TPSA) is 60.9 Å². The number of hydrogen-bond donors (Lipinski definition) is 1. The molecule has 2 amide bonds. The summed E-state index contributed by atoms with van der Waals surface area (Å²) in [5, 5.41) is 9.43. The van der Waals surface area contributed by atoms with Gasteiger partial charge in [-0.3, -0.25) is 9.59 Å². The third kappa shape index (κ3) is 3.86. The minimum Gasteiger partial charge on any atom is -0.506 e. The van der Waals surface area contributed by atoms with Crippen LogP contribution < -0.4 is 0 Å². The van der Waals surface area contributed by atoms with Crippen molar-refractivity contribution in [1.29, 1.82) is 0 Å². The van der Waals surface area contributed by atoms with Crippen LogP contribution >= 0.6 is 11.6 Å². The molecule has 1 aromatic carbocycles. The maximum Gasteiger partial charge on any atom is 0.254 e. The molecule has 1 aromatic rings. The second kappa shape index (κ2) is 6.43. The first kappa shape index (κ1) is 15.3. The number of hydrogen-bond acceptors (Lipinski definition) is 3. The molecule has 0 fully saturated rings. The van der Waals surface area contributed by atoms with Gasteiger partial charge in [-0.2, -0.15) is 0 Å². The van der Waals surface area contributed by atoms with E-state index >= 15 is 0 Å². The van der Waals surface area contributed by atoms with Crippen molar-refractivity contribution in [2.24, 2.45) is 0 Å². The molecule has 0 spiro atoms. The van der Waals surface area contributed by atoms with Gasteiger partial charge in [0.2, 0.25) is 5.91 Å². The summed E-state index contributed by atoms with van der Waals surface area (Å²) in [4.78, 5) is 26.7. The quantitative estimate of drug-likeness (QED) is 0.913. The van der Waals surface area contributed by atoms with Crippen molar-refractivity contribution in [1.82, 2.24) is 9.80 Å². The highest BCUT2D eigenvalue weighted by molar-refractivity contribution is 6.32. The third-order valence-corrected chi connectivity index (χ3v) is 2.99. The van der Waals surface area contributed by atoms with Gasteiger partial charge < -0.3 is 14.9 Å². The summed E-state index contributed by atoms with van der Waals surface area (Å²) in [5.41, 5.74) is 0.344. The standard InChI is InChI=1S/C13H17ClN2O3/c1-4-16(8-12(18)15(2)3)13(19)9-5-6-11(17)10(14)7-9/h5-7,17H,4,8H2,1-3H3. The lowest BCUT2D eigenvalue weighted by atomic mass is 10.2. The summed E-state index contributed by atoms with van der Waals surface area (Å²) in [6.07, 6.45) is 0. The highest BCUT2D eigenvalue weighted by Crippen LogP contribution is 2.24. The van der Waals surface area contributed by atoms with E-state index in [1.165, 1.54) is 28.0 Å². The van der Waals surface area contributed by atoms with Crippen LogP contribution in [0.1, 0.15) is 17.3 Å². The first-order valence-corrected chi connectivity index (χ1v) is 6.22. The molecule has 0 radical (unpaired) electrons. The molecular weight excluding hydrogens is 268 g/mol. The van der Waals surface area contributed by atoms with Gasteiger partial charge in [0.1, 0.15) is 5.75 Å². The normalized spacial score (nSPS) is 10.1. The van der Waals surface area contributed by atoms with E-state index < -0.39 is 0 Å². The van der Waals surface area contributed by atoms with Crippen molar-refractivity contribution in [2.45, 2.75) is 6.92 Å². The molecule has 5 nitrogen and oxygen atoms in total. The number of carbonyl (C=O) groups is 2. The lowest BCUT2D eigenvalue weighted by molar-refractivity contribution is -0.129. The highest BCUT2D eigenvalue weighted by atomic mass is 35.5. The number of nitrogens with zero attached hydrogens (tertiary/aromatic N) is 2. The zero-order valence-corrected chi connectivity index (χ0v) is 11.9. The molecule has 104 valence electrons. The summed E-state index contributed by atoms with van der Waals surface area (Å²) in [7, 11) is 3.27. The van der Waals surface area contributed by atoms with Gasteiger partial charge >= 0.3 is 0 Å². The van der Waals surface area contributed by atoms with Crippen LogP contribution in [0.15, 0.2) is 18.2 Å². The molecular formula is C13H17ClN2O3. The maximum atomic E-state index is 12.2. The van der Waals surface area contributed by atoms with E-state index in [4.69, 9.17) is 11.6 Å². The van der Waals surface area contributed by atoms with Crippen molar-refractivity contribution >= 4 is 23.4 Å². The Balaban J connectivity index is 2.89. The van der Waals surface area contributed by atoms with Crippen LogP contribution in [0.2, 0.25) is 5.02 Å². The Labute approximate surface area is 117 Å². The second-order valence-corrected chi connectivity index (χ2v) is 4.68. The smallest absolute Gasteiger partial charge is 0.254 e. The summed E-state index contributed by atoms with van der Waals surface area (Å²) >= 11 is 5.77. The van der Waals surface area contributed by atoms with Gasteiger partial charge in [-0.05, 0) is 25.1 Å². The van der Waals surface area contributed by atoms with E-state index in [-0.39, 0.29) is 29.1 Å². The van der Waals surface area contributed by atoms with Crippen LogP contribution in [0.25, 0.3) is 0 Å². The fraction of sp³-hybridized carbons (Fsp3) is 0.385. The molecule has 1 rings (SSSR count). The number of carbonyl (C=O) groups excluding carboxylic acids is 2. The Kier molecular flexibility index (Phi) is 5.18. The molecule has 0 bridgehead atoms. The van der Waals surface area contributed by atoms with Gasteiger partial charge in [0.05, 0.1) is 11.6 Å². The number of benzene rings is 1. The Morgan fingerprint density at radius 3 is 2.42 bits per heavy atom. The maximum absolute atomic E-state index is 12.2. The zero-order valence-electron chi connectivity index (χ0n) is 11.2. The molecule has 6 heteroatoms.